The molecular formula is C35H37N3O4. The molecule has 216 valence electrons. The molecule has 1 fully saturated rings. The van der Waals surface area contributed by atoms with Gasteiger partial charge in [0, 0.05) is 31.0 Å². The first-order chi connectivity index (χ1) is 20.5. The number of methoxy groups -OCH3 is 1. The normalized spacial score (nSPS) is 13.7. The van der Waals surface area contributed by atoms with Crippen molar-refractivity contribution in [2.75, 3.05) is 43.6 Å². The smallest absolute Gasteiger partial charge is 0.251 e. The summed E-state index contributed by atoms with van der Waals surface area (Å²) in [5.74, 6) is 0.255. The Labute approximate surface area is 247 Å². The summed E-state index contributed by atoms with van der Waals surface area (Å²) < 4.78 is 10.8. The van der Waals surface area contributed by atoms with Crippen LogP contribution < -0.4 is 15.0 Å². The fraction of sp³-hybridized carbons (Fsp3) is 0.257. The van der Waals surface area contributed by atoms with E-state index in [1.54, 1.807) is 12.0 Å². The van der Waals surface area contributed by atoms with Crippen LogP contribution in [-0.2, 0) is 27.3 Å². The molecule has 0 saturated carbocycles. The topological polar surface area (TPSA) is 71.1 Å². The number of carbonyl (C=O) groups excluding carboxylic acids is 2. The molecule has 1 heterocycles. The van der Waals surface area contributed by atoms with Gasteiger partial charge in [-0.05, 0) is 60.0 Å². The average molecular weight is 564 g/mol. The van der Waals surface area contributed by atoms with E-state index in [-0.39, 0.29) is 24.8 Å². The molecule has 0 bridgehead atoms. The lowest BCUT2D eigenvalue weighted by Crippen LogP contribution is -2.41. The maximum atomic E-state index is 14.1. The van der Waals surface area contributed by atoms with Gasteiger partial charge in [0.15, 0.2) is 0 Å². The second-order valence-electron chi connectivity index (χ2n) is 10.5. The van der Waals surface area contributed by atoms with Gasteiger partial charge in [0.1, 0.15) is 11.8 Å². The maximum Gasteiger partial charge on any atom is 0.251 e. The van der Waals surface area contributed by atoms with Gasteiger partial charge in [-0.3, -0.25) is 9.59 Å². The largest absolute Gasteiger partial charge is 0.497 e. The molecule has 42 heavy (non-hydrogen) atoms. The molecule has 0 aromatic heterocycles. The van der Waals surface area contributed by atoms with Crippen molar-refractivity contribution in [3.8, 4) is 5.75 Å². The summed E-state index contributed by atoms with van der Waals surface area (Å²) in [5, 5.41) is 3.09. The second kappa shape index (κ2) is 13.8. The van der Waals surface area contributed by atoms with Crippen molar-refractivity contribution in [3.05, 3.63) is 125 Å². The minimum absolute atomic E-state index is 0.139. The summed E-state index contributed by atoms with van der Waals surface area (Å²) in [6.07, 6.45) is 0.181. The fourth-order valence-corrected chi connectivity index (χ4v) is 5.13. The number of amides is 2. The van der Waals surface area contributed by atoms with Crippen LogP contribution in [0.2, 0.25) is 0 Å². The average Bonchev–Trinajstić information content (AvgIpc) is 3.03. The van der Waals surface area contributed by atoms with E-state index in [0.717, 1.165) is 35.5 Å². The molecule has 5 rings (SSSR count). The molecule has 0 spiro atoms. The van der Waals surface area contributed by atoms with Gasteiger partial charge in [-0.15, -0.1) is 0 Å². The summed E-state index contributed by atoms with van der Waals surface area (Å²) in [5.41, 5.74) is 5.42. The molecule has 1 aliphatic rings. The highest BCUT2D eigenvalue weighted by molar-refractivity contribution is 5.98. The van der Waals surface area contributed by atoms with Gasteiger partial charge in [0.25, 0.3) is 5.91 Å². The van der Waals surface area contributed by atoms with E-state index in [4.69, 9.17) is 9.47 Å². The van der Waals surface area contributed by atoms with Crippen molar-refractivity contribution in [3.63, 3.8) is 0 Å². The first-order valence-electron chi connectivity index (χ1n) is 14.3. The zero-order valence-electron chi connectivity index (χ0n) is 24.2. The van der Waals surface area contributed by atoms with Crippen LogP contribution in [-0.4, -0.2) is 50.1 Å². The Hall–Kier alpha value is -4.62. The van der Waals surface area contributed by atoms with Gasteiger partial charge in [0.05, 0.1) is 26.7 Å². The summed E-state index contributed by atoms with van der Waals surface area (Å²) in [4.78, 5) is 32.1. The van der Waals surface area contributed by atoms with Crippen LogP contribution in [0.3, 0.4) is 0 Å². The van der Waals surface area contributed by atoms with Crippen molar-refractivity contribution in [2.24, 2.45) is 0 Å². The Morgan fingerprint density at radius 3 is 2.17 bits per heavy atom. The van der Waals surface area contributed by atoms with Gasteiger partial charge < -0.3 is 24.6 Å². The van der Waals surface area contributed by atoms with Crippen LogP contribution in [0.1, 0.15) is 28.3 Å². The number of hydrogen-bond donors (Lipinski definition) is 1. The molecule has 7 nitrogen and oxygen atoms in total. The van der Waals surface area contributed by atoms with Crippen LogP contribution in [0.15, 0.2) is 103 Å². The van der Waals surface area contributed by atoms with Gasteiger partial charge in [-0.1, -0.05) is 72.3 Å². The van der Waals surface area contributed by atoms with Crippen molar-refractivity contribution in [1.82, 2.24) is 4.90 Å². The number of aryl methyl sites for hydroxylation is 1. The summed E-state index contributed by atoms with van der Waals surface area (Å²) in [7, 11) is 1.60. The van der Waals surface area contributed by atoms with Gasteiger partial charge >= 0.3 is 0 Å². The van der Waals surface area contributed by atoms with E-state index in [9.17, 15) is 9.59 Å². The highest BCUT2D eigenvalue weighted by Crippen LogP contribution is 2.29. The molecule has 4 aromatic carbocycles. The van der Waals surface area contributed by atoms with E-state index in [1.807, 2.05) is 110 Å². The first kappa shape index (κ1) is 28.9. The highest BCUT2D eigenvalue weighted by atomic mass is 16.5. The SMILES string of the molecule is COc1ccc(C(C(=O)Nc2ccc(N3CCOCC3)cc2)N(Cc2ccc(C)cc2)C(=O)Cc2ccccc2)cc1. The van der Waals surface area contributed by atoms with Gasteiger partial charge in [-0.25, -0.2) is 0 Å². The Morgan fingerprint density at radius 1 is 0.857 bits per heavy atom. The number of carbonyl (C=O) groups is 2. The minimum Gasteiger partial charge on any atom is -0.497 e. The number of rotatable bonds is 10. The zero-order valence-corrected chi connectivity index (χ0v) is 24.2. The van der Waals surface area contributed by atoms with Crippen molar-refractivity contribution in [1.29, 1.82) is 0 Å². The Balaban J connectivity index is 1.46. The predicted octanol–water partition coefficient (Wildman–Crippen LogP) is 5.79. The molecule has 1 atom stereocenters. The quantitative estimate of drug-likeness (QED) is 0.264. The summed E-state index contributed by atoms with van der Waals surface area (Å²) >= 11 is 0. The van der Waals surface area contributed by atoms with Crippen molar-refractivity contribution < 1.29 is 19.1 Å². The molecule has 4 aromatic rings. The van der Waals surface area contributed by atoms with Gasteiger partial charge in [0.2, 0.25) is 5.91 Å². The third-order valence-electron chi connectivity index (χ3n) is 7.49. The Bertz CT molecular complexity index is 1450. The number of ether oxygens (including phenoxy) is 2. The molecule has 1 aliphatic heterocycles. The maximum absolute atomic E-state index is 14.1. The fourth-order valence-electron chi connectivity index (χ4n) is 5.13. The van der Waals surface area contributed by atoms with E-state index < -0.39 is 6.04 Å². The summed E-state index contributed by atoms with van der Waals surface area (Å²) in [6, 6.07) is 32.0. The lowest BCUT2D eigenvalue weighted by atomic mass is 10.0. The summed E-state index contributed by atoms with van der Waals surface area (Å²) in [6.45, 7) is 5.39. The standard InChI is InChI=1S/C35H37N3O4/c1-26-8-10-28(11-9-26)25-38(33(39)24-27-6-4-3-5-7-27)34(29-12-18-32(41-2)19-13-29)35(40)36-30-14-16-31(17-15-30)37-20-22-42-23-21-37/h3-19,34H,20-25H2,1-2H3,(H,36,40). The number of morpholine rings is 1. The molecule has 0 aliphatic carbocycles. The number of nitrogens with one attached hydrogen (secondary N) is 1. The van der Waals surface area contributed by atoms with Crippen LogP contribution in [0.4, 0.5) is 11.4 Å². The first-order valence-corrected chi connectivity index (χ1v) is 14.3. The van der Waals surface area contributed by atoms with Crippen molar-refractivity contribution >= 4 is 23.2 Å². The van der Waals surface area contributed by atoms with Crippen LogP contribution in [0.5, 0.6) is 5.75 Å². The number of hydrogen-bond acceptors (Lipinski definition) is 5. The van der Waals surface area contributed by atoms with Crippen LogP contribution >= 0.6 is 0 Å². The number of nitrogens with zero attached hydrogens (tertiary/aromatic N) is 2. The lowest BCUT2D eigenvalue weighted by Gasteiger charge is -2.32. The highest BCUT2D eigenvalue weighted by Gasteiger charge is 2.32. The van der Waals surface area contributed by atoms with Crippen molar-refractivity contribution in [2.45, 2.75) is 25.9 Å². The third kappa shape index (κ3) is 7.36. The molecule has 7 heteroatoms. The van der Waals surface area contributed by atoms with E-state index in [2.05, 4.69) is 10.2 Å². The van der Waals surface area contributed by atoms with E-state index in [1.165, 1.54) is 0 Å². The predicted molar refractivity (Wildman–Crippen MR) is 166 cm³/mol. The van der Waals surface area contributed by atoms with Gasteiger partial charge in [-0.2, -0.15) is 0 Å². The zero-order chi connectivity index (χ0) is 29.3. The van der Waals surface area contributed by atoms with E-state index in [0.29, 0.717) is 30.2 Å². The minimum atomic E-state index is -0.868. The molecule has 1 N–H and O–H groups in total. The lowest BCUT2D eigenvalue weighted by molar-refractivity contribution is -0.139. The molecule has 1 unspecified atom stereocenters. The number of anilines is 2. The van der Waals surface area contributed by atoms with Crippen LogP contribution in [0, 0.1) is 6.92 Å². The second-order valence-corrected chi connectivity index (χ2v) is 10.5. The molecular weight excluding hydrogens is 526 g/mol. The third-order valence-corrected chi connectivity index (χ3v) is 7.49. The Kier molecular flexibility index (Phi) is 9.51. The number of benzene rings is 4. The molecule has 2 amide bonds. The molecule has 1 saturated heterocycles. The molecule has 0 radical (unpaired) electrons. The van der Waals surface area contributed by atoms with Crippen LogP contribution in [0.25, 0.3) is 0 Å². The monoisotopic (exact) mass is 563 g/mol. The Morgan fingerprint density at radius 2 is 1.52 bits per heavy atom. The van der Waals surface area contributed by atoms with E-state index >= 15 is 0 Å².